The van der Waals surface area contributed by atoms with Gasteiger partial charge in [0, 0.05) is 11.3 Å². The Bertz CT molecular complexity index is 1410. The number of hydrogen-bond acceptors (Lipinski definition) is 8. The van der Waals surface area contributed by atoms with Gasteiger partial charge in [0.1, 0.15) is 17.8 Å². The number of benzene rings is 2. The zero-order valence-corrected chi connectivity index (χ0v) is 19.0. The molecule has 4 aromatic rings. The van der Waals surface area contributed by atoms with Crippen molar-refractivity contribution >= 4 is 17.3 Å². The van der Waals surface area contributed by atoms with E-state index in [2.05, 4.69) is 10.1 Å². The van der Waals surface area contributed by atoms with Crippen molar-refractivity contribution in [1.82, 2.24) is 19.6 Å². The van der Waals surface area contributed by atoms with Crippen LogP contribution in [0.5, 0.6) is 11.6 Å². The molecule has 0 fully saturated rings. The number of allylic oxidation sites excluding steroid dienone is 1. The van der Waals surface area contributed by atoms with Crippen molar-refractivity contribution in [2.24, 2.45) is 0 Å². The molecule has 34 heavy (non-hydrogen) atoms. The highest BCUT2D eigenvalue weighted by Gasteiger charge is 2.38. The summed E-state index contributed by atoms with van der Waals surface area (Å²) < 4.78 is 18.3. The summed E-state index contributed by atoms with van der Waals surface area (Å²) in [5.41, 5.74) is 9.70. The largest absolute Gasteiger partial charge is 0.497 e. The van der Waals surface area contributed by atoms with Crippen LogP contribution in [0, 0.1) is 0 Å². The molecule has 0 saturated carbocycles. The Morgan fingerprint density at radius 2 is 1.88 bits per heavy atom. The van der Waals surface area contributed by atoms with Crippen LogP contribution in [0.15, 0.2) is 66.2 Å². The van der Waals surface area contributed by atoms with Gasteiger partial charge in [-0.25, -0.2) is 19.3 Å². The Kier molecular flexibility index (Phi) is 5.37. The van der Waals surface area contributed by atoms with Gasteiger partial charge < -0.3 is 19.9 Å². The molecular formula is C25H23N5O4. The van der Waals surface area contributed by atoms with Crippen molar-refractivity contribution in [3.05, 3.63) is 77.3 Å². The van der Waals surface area contributed by atoms with E-state index in [1.54, 1.807) is 43.9 Å². The summed E-state index contributed by atoms with van der Waals surface area (Å²) in [6.45, 7) is 3.75. The number of nitrogens with zero attached hydrogens (tertiary/aromatic N) is 4. The van der Waals surface area contributed by atoms with Gasteiger partial charge in [0.2, 0.25) is 5.88 Å². The number of hydrogen-bond donors (Lipinski definition) is 1. The molecule has 1 atom stereocenters. The number of methoxy groups -OCH3 is 1. The summed E-state index contributed by atoms with van der Waals surface area (Å²) in [6, 6.07) is 14.8. The predicted octanol–water partition coefficient (Wildman–Crippen LogP) is 3.74. The highest BCUT2D eigenvalue weighted by atomic mass is 16.5. The minimum atomic E-state index is -0.520. The number of carbonyl (C=O) groups is 1. The summed E-state index contributed by atoms with van der Waals surface area (Å²) >= 11 is 0. The maximum absolute atomic E-state index is 13.1. The second-order valence-electron chi connectivity index (χ2n) is 7.79. The Morgan fingerprint density at radius 3 is 2.56 bits per heavy atom. The average Bonchev–Trinajstić information content (AvgIpc) is 3.28. The second-order valence-corrected chi connectivity index (χ2v) is 7.79. The third-order valence-electron chi connectivity index (χ3n) is 5.71. The first-order chi connectivity index (χ1) is 16.5. The molecule has 1 unspecified atom stereocenters. The molecular weight excluding hydrogens is 434 g/mol. The number of nitrogens with two attached hydrogens (primary N) is 1. The van der Waals surface area contributed by atoms with Crippen LogP contribution in [0.1, 0.15) is 30.9 Å². The lowest BCUT2D eigenvalue weighted by Gasteiger charge is -2.28. The van der Waals surface area contributed by atoms with Crippen LogP contribution in [0.3, 0.4) is 0 Å². The summed E-state index contributed by atoms with van der Waals surface area (Å²) in [7, 11) is 1.61. The van der Waals surface area contributed by atoms with E-state index in [4.69, 9.17) is 24.9 Å². The van der Waals surface area contributed by atoms with E-state index in [1.807, 2.05) is 36.4 Å². The fourth-order valence-corrected chi connectivity index (χ4v) is 4.10. The molecule has 0 spiro atoms. The van der Waals surface area contributed by atoms with Gasteiger partial charge >= 0.3 is 5.97 Å². The Morgan fingerprint density at radius 1 is 1.15 bits per heavy atom. The lowest BCUT2D eigenvalue weighted by molar-refractivity contribution is -0.139. The maximum Gasteiger partial charge on any atom is 0.338 e. The number of nitrogen functional groups attached to an aromatic ring is 1. The van der Waals surface area contributed by atoms with Gasteiger partial charge in [-0.15, -0.1) is 5.10 Å². The lowest BCUT2D eigenvalue weighted by atomic mass is 9.83. The molecule has 9 nitrogen and oxygen atoms in total. The molecule has 0 radical (unpaired) electrons. The van der Waals surface area contributed by atoms with Gasteiger partial charge in [-0.3, -0.25) is 0 Å². The third kappa shape index (κ3) is 3.61. The number of rotatable bonds is 5. The average molecular weight is 457 g/mol. The minimum Gasteiger partial charge on any atom is -0.497 e. The number of carbonyl (C=O) groups excluding carboxylic acids is 1. The van der Waals surface area contributed by atoms with Crippen molar-refractivity contribution < 1.29 is 19.0 Å². The van der Waals surface area contributed by atoms with Crippen LogP contribution in [0.25, 0.3) is 17.0 Å². The second kappa shape index (κ2) is 8.51. The highest BCUT2D eigenvalue weighted by molar-refractivity contribution is 5.93. The molecule has 3 heterocycles. The van der Waals surface area contributed by atoms with Crippen molar-refractivity contribution in [3.63, 3.8) is 0 Å². The molecule has 5 rings (SSSR count). The first kappa shape index (κ1) is 21.4. The van der Waals surface area contributed by atoms with E-state index in [9.17, 15) is 4.79 Å². The van der Waals surface area contributed by atoms with Gasteiger partial charge in [-0.2, -0.15) is 0 Å². The van der Waals surface area contributed by atoms with E-state index >= 15 is 0 Å². The zero-order chi connectivity index (χ0) is 23.8. The molecule has 0 bridgehead atoms. The smallest absolute Gasteiger partial charge is 0.338 e. The SMILES string of the molecule is CCOC(=O)C1=C(C)Oc2ncn3nc(-c4ccc(N)cc4)nc3c2C1c1ccc(OC)cc1. The molecule has 1 aliphatic rings. The van der Waals surface area contributed by atoms with Gasteiger partial charge in [0.15, 0.2) is 11.5 Å². The van der Waals surface area contributed by atoms with Gasteiger partial charge in [0.05, 0.1) is 30.8 Å². The highest BCUT2D eigenvalue weighted by Crippen LogP contribution is 2.44. The number of ether oxygens (including phenoxy) is 3. The summed E-state index contributed by atoms with van der Waals surface area (Å²) in [5, 5.41) is 4.60. The fraction of sp³-hybridized carbons (Fsp3) is 0.200. The predicted molar refractivity (Wildman–Crippen MR) is 125 cm³/mol. The van der Waals surface area contributed by atoms with E-state index in [1.165, 1.54) is 0 Å². The van der Waals surface area contributed by atoms with Gasteiger partial charge in [-0.1, -0.05) is 12.1 Å². The van der Waals surface area contributed by atoms with Crippen LogP contribution >= 0.6 is 0 Å². The Labute approximate surface area is 195 Å². The van der Waals surface area contributed by atoms with Crippen molar-refractivity contribution in [2.75, 3.05) is 19.5 Å². The van der Waals surface area contributed by atoms with Gasteiger partial charge in [-0.05, 0) is 55.8 Å². The Balaban J connectivity index is 1.73. The quantitative estimate of drug-likeness (QED) is 0.356. The van der Waals surface area contributed by atoms with Crippen LogP contribution in [-0.4, -0.2) is 39.3 Å². The van der Waals surface area contributed by atoms with Crippen LogP contribution in [0.2, 0.25) is 0 Å². The third-order valence-corrected chi connectivity index (χ3v) is 5.71. The van der Waals surface area contributed by atoms with Crippen LogP contribution in [0.4, 0.5) is 5.69 Å². The summed E-state index contributed by atoms with van der Waals surface area (Å²) in [5.74, 6) is 1.05. The monoisotopic (exact) mass is 457 g/mol. The van der Waals surface area contributed by atoms with Crippen molar-refractivity contribution in [3.8, 4) is 23.0 Å². The molecule has 1 aliphatic heterocycles. The molecule has 9 heteroatoms. The molecule has 172 valence electrons. The van der Waals surface area contributed by atoms with E-state index in [0.29, 0.717) is 45.7 Å². The maximum atomic E-state index is 13.1. The lowest BCUT2D eigenvalue weighted by Crippen LogP contribution is -2.24. The number of esters is 1. The van der Waals surface area contributed by atoms with Crippen LogP contribution in [-0.2, 0) is 9.53 Å². The topological polar surface area (TPSA) is 114 Å². The molecule has 2 aromatic carbocycles. The Hall–Kier alpha value is -4.40. The molecule has 0 saturated heterocycles. The summed E-state index contributed by atoms with van der Waals surface area (Å²) in [6.07, 6.45) is 1.55. The molecule has 2 N–H and O–H groups in total. The number of fused-ring (bicyclic) bond motifs is 3. The van der Waals surface area contributed by atoms with Crippen LogP contribution < -0.4 is 15.2 Å². The standard InChI is InChI=1S/C25H23N5O4/c1-4-33-25(31)19-14(2)34-24-21(20(19)15-7-11-18(32-3)12-8-15)23-28-22(29-30(23)13-27-24)16-5-9-17(26)10-6-16/h5-13,20H,4,26H2,1-3H3. The number of anilines is 1. The van der Waals surface area contributed by atoms with E-state index in [-0.39, 0.29) is 6.61 Å². The summed E-state index contributed by atoms with van der Waals surface area (Å²) in [4.78, 5) is 22.3. The fourth-order valence-electron chi connectivity index (χ4n) is 4.10. The van der Waals surface area contributed by atoms with E-state index < -0.39 is 11.9 Å². The normalized spacial score (nSPS) is 15.1. The van der Waals surface area contributed by atoms with Gasteiger partial charge in [0.25, 0.3) is 0 Å². The first-order valence-electron chi connectivity index (χ1n) is 10.8. The van der Waals surface area contributed by atoms with Crippen molar-refractivity contribution in [2.45, 2.75) is 19.8 Å². The first-order valence-corrected chi connectivity index (χ1v) is 10.8. The molecule has 0 amide bonds. The minimum absolute atomic E-state index is 0.243. The molecule has 2 aromatic heterocycles. The zero-order valence-electron chi connectivity index (χ0n) is 19.0. The number of aromatic nitrogens is 4. The van der Waals surface area contributed by atoms with E-state index in [0.717, 1.165) is 11.1 Å². The molecule has 0 aliphatic carbocycles. The van der Waals surface area contributed by atoms with Crippen molar-refractivity contribution in [1.29, 1.82) is 0 Å².